The highest BCUT2D eigenvalue weighted by atomic mass is 16.5. The van der Waals surface area contributed by atoms with Crippen LogP contribution in [-0.2, 0) is 4.74 Å². The van der Waals surface area contributed by atoms with Crippen LogP contribution in [0.5, 0.6) is 0 Å². The quantitative estimate of drug-likeness (QED) is 0.629. The molecule has 5 heteroatoms. The molecule has 0 aliphatic carbocycles. The van der Waals surface area contributed by atoms with Crippen LogP contribution in [0.25, 0.3) is 0 Å². The normalized spacial score (nSPS) is 21.8. The Bertz CT molecular complexity index is 222. The molecule has 2 aliphatic heterocycles. The van der Waals surface area contributed by atoms with E-state index in [1.807, 2.05) is 23.6 Å². The summed E-state index contributed by atoms with van der Waals surface area (Å²) < 4.78 is 5.23. The van der Waals surface area contributed by atoms with E-state index in [1.54, 1.807) is 0 Å². The number of ether oxygens (including phenoxy) is 1. The molecule has 0 saturated carbocycles. The van der Waals surface area contributed by atoms with E-state index in [-0.39, 0.29) is 6.03 Å². The summed E-state index contributed by atoms with van der Waals surface area (Å²) in [4.78, 5) is 18.1. The van der Waals surface area contributed by atoms with Crippen LogP contribution in [0.4, 0.5) is 4.79 Å². The van der Waals surface area contributed by atoms with E-state index >= 15 is 0 Å². The first-order chi connectivity index (χ1) is 8.27. The van der Waals surface area contributed by atoms with Gasteiger partial charge in [0.05, 0.1) is 13.2 Å². The van der Waals surface area contributed by atoms with Crippen LogP contribution in [-0.4, -0.2) is 80.3 Å². The van der Waals surface area contributed by atoms with Crippen molar-refractivity contribution in [3.8, 4) is 0 Å². The van der Waals surface area contributed by atoms with Gasteiger partial charge in [-0.1, -0.05) is 13.8 Å². The lowest BCUT2D eigenvalue weighted by atomic mass is 10.3. The zero-order chi connectivity index (χ0) is 12.7. The van der Waals surface area contributed by atoms with Gasteiger partial charge in [-0.2, -0.15) is 0 Å². The van der Waals surface area contributed by atoms with E-state index in [2.05, 4.69) is 11.9 Å². The molecule has 2 saturated heterocycles. The second-order valence-corrected chi connectivity index (χ2v) is 4.17. The second kappa shape index (κ2) is 7.50. The molecule has 0 unspecified atom stereocenters. The molecule has 2 heterocycles. The van der Waals surface area contributed by atoms with Crippen molar-refractivity contribution in [3.63, 3.8) is 0 Å². The van der Waals surface area contributed by atoms with Crippen LogP contribution in [0.15, 0.2) is 0 Å². The summed E-state index contributed by atoms with van der Waals surface area (Å²) in [5.74, 6) is 0. The molecule has 0 bridgehead atoms. The summed E-state index contributed by atoms with van der Waals surface area (Å²) in [6.07, 6.45) is 0. The average Bonchev–Trinajstić information content (AvgIpc) is 2.42. The smallest absolute Gasteiger partial charge is 0.320 e. The molecule has 2 amide bonds. The zero-order valence-corrected chi connectivity index (χ0v) is 11.3. The van der Waals surface area contributed by atoms with E-state index in [0.29, 0.717) is 13.2 Å². The van der Waals surface area contributed by atoms with Crippen molar-refractivity contribution in [3.05, 3.63) is 0 Å². The summed E-state index contributed by atoms with van der Waals surface area (Å²) in [5, 5.41) is 0. The molecule has 0 aromatic rings. The first-order valence-electron chi connectivity index (χ1n) is 6.57. The van der Waals surface area contributed by atoms with E-state index in [0.717, 1.165) is 39.3 Å². The van der Waals surface area contributed by atoms with Gasteiger partial charge in [-0.3, -0.25) is 0 Å². The fourth-order valence-electron chi connectivity index (χ4n) is 1.95. The van der Waals surface area contributed by atoms with E-state index in [1.165, 1.54) is 0 Å². The number of likely N-dealkylation sites (N-methyl/N-ethyl adjacent to an activating group) is 1. The number of morpholine rings is 1. The highest BCUT2D eigenvalue weighted by molar-refractivity contribution is 5.74. The van der Waals surface area contributed by atoms with Gasteiger partial charge in [-0.15, -0.1) is 0 Å². The van der Waals surface area contributed by atoms with Crippen LogP contribution < -0.4 is 0 Å². The molecule has 2 rings (SSSR count). The Morgan fingerprint density at radius 1 is 0.882 bits per heavy atom. The molecular weight excluding hydrogens is 218 g/mol. The Kier molecular flexibility index (Phi) is 6.29. The van der Waals surface area contributed by atoms with Gasteiger partial charge in [-0.05, 0) is 7.05 Å². The first-order valence-corrected chi connectivity index (χ1v) is 6.57. The van der Waals surface area contributed by atoms with Crippen molar-refractivity contribution >= 4 is 6.03 Å². The number of piperazine rings is 1. The maximum atomic E-state index is 12.0. The minimum Gasteiger partial charge on any atom is -0.378 e. The molecule has 2 fully saturated rings. The van der Waals surface area contributed by atoms with Crippen LogP contribution >= 0.6 is 0 Å². The van der Waals surface area contributed by atoms with Crippen molar-refractivity contribution in [1.82, 2.24) is 14.7 Å². The second-order valence-electron chi connectivity index (χ2n) is 4.17. The van der Waals surface area contributed by atoms with Crippen LogP contribution in [0.1, 0.15) is 13.8 Å². The van der Waals surface area contributed by atoms with Gasteiger partial charge in [0.15, 0.2) is 0 Å². The molecule has 0 atom stereocenters. The lowest BCUT2D eigenvalue weighted by Crippen LogP contribution is -2.54. The first kappa shape index (κ1) is 14.3. The Morgan fingerprint density at radius 3 is 1.88 bits per heavy atom. The lowest BCUT2D eigenvalue weighted by molar-refractivity contribution is 0.0389. The molecule has 0 aromatic carbocycles. The predicted octanol–water partition coefficient (Wildman–Crippen LogP) is 0.712. The molecule has 0 radical (unpaired) electrons. The molecule has 100 valence electrons. The Labute approximate surface area is 104 Å². The number of urea groups is 1. The molecular formula is C12H25N3O2. The Morgan fingerprint density at radius 2 is 1.35 bits per heavy atom. The van der Waals surface area contributed by atoms with Crippen LogP contribution in [0, 0.1) is 0 Å². The summed E-state index contributed by atoms with van der Waals surface area (Å²) >= 11 is 0. The van der Waals surface area contributed by atoms with Crippen molar-refractivity contribution in [2.24, 2.45) is 0 Å². The monoisotopic (exact) mass is 243 g/mol. The number of carbonyl (C=O) groups excluding carboxylic acids is 1. The molecule has 0 N–H and O–H groups in total. The largest absolute Gasteiger partial charge is 0.378 e. The van der Waals surface area contributed by atoms with Crippen molar-refractivity contribution in [2.45, 2.75) is 13.8 Å². The summed E-state index contributed by atoms with van der Waals surface area (Å²) in [6.45, 7) is 10.5. The van der Waals surface area contributed by atoms with E-state index in [9.17, 15) is 4.79 Å². The number of hydrogen-bond donors (Lipinski definition) is 0. The number of amides is 2. The third-order valence-electron chi connectivity index (χ3n) is 3.06. The van der Waals surface area contributed by atoms with Crippen molar-refractivity contribution in [1.29, 1.82) is 0 Å². The number of nitrogens with zero attached hydrogens (tertiary/aromatic N) is 3. The SMILES string of the molecule is CC.CN1CCN(C(=O)N2CCOCC2)CC1. The maximum absolute atomic E-state index is 12.0. The predicted molar refractivity (Wildman–Crippen MR) is 68.2 cm³/mol. The number of hydrogen-bond acceptors (Lipinski definition) is 3. The van der Waals surface area contributed by atoms with Gasteiger partial charge in [0.1, 0.15) is 0 Å². The third-order valence-corrected chi connectivity index (χ3v) is 3.06. The highest BCUT2D eigenvalue weighted by Gasteiger charge is 2.24. The average molecular weight is 243 g/mol. The van der Waals surface area contributed by atoms with Crippen molar-refractivity contribution < 1.29 is 9.53 Å². The summed E-state index contributed by atoms with van der Waals surface area (Å²) in [7, 11) is 2.09. The molecule has 17 heavy (non-hydrogen) atoms. The summed E-state index contributed by atoms with van der Waals surface area (Å²) in [6, 6.07) is 0.186. The fraction of sp³-hybridized carbons (Fsp3) is 0.917. The van der Waals surface area contributed by atoms with E-state index < -0.39 is 0 Å². The number of rotatable bonds is 0. The maximum Gasteiger partial charge on any atom is 0.320 e. The van der Waals surface area contributed by atoms with Gasteiger partial charge in [0, 0.05) is 39.3 Å². The third kappa shape index (κ3) is 4.16. The van der Waals surface area contributed by atoms with Gasteiger partial charge >= 0.3 is 6.03 Å². The van der Waals surface area contributed by atoms with Crippen LogP contribution in [0.3, 0.4) is 0 Å². The fourth-order valence-corrected chi connectivity index (χ4v) is 1.95. The topological polar surface area (TPSA) is 36.0 Å². The van der Waals surface area contributed by atoms with Crippen molar-refractivity contribution in [2.75, 3.05) is 59.5 Å². The Hall–Kier alpha value is -0.810. The number of carbonyl (C=O) groups is 1. The molecule has 0 aromatic heterocycles. The lowest BCUT2D eigenvalue weighted by Gasteiger charge is -2.37. The van der Waals surface area contributed by atoms with Gasteiger partial charge in [0.25, 0.3) is 0 Å². The standard InChI is InChI=1S/C10H19N3O2.C2H6/c1-11-2-4-12(5-3-11)10(14)13-6-8-15-9-7-13;1-2/h2-9H2,1H3;1-2H3. The highest BCUT2D eigenvalue weighted by Crippen LogP contribution is 2.06. The van der Waals surface area contributed by atoms with Gasteiger partial charge < -0.3 is 19.4 Å². The van der Waals surface area contributed by atoms with Gasteiger partial charge in [0.2, 0.25) is 0 Å². The van der Waals surface area contributed by atoms with Gasteiger partial charge in [-0.25, -0.2) is 4.79 Å². The minimum atomic E-state index is 0.186. The molecule has 0 spiro atoms. The zero-order valence-electron chi connectivity index (χ0n) is 11.3. The minimum absolute atomic E-state index is 0.186. The van der Waals surface area contributed by atoms with E-state index in [4.69, 9.17) is 4.74 Å². The molecule has 2 aliphatic rings. The van der Waals surface area contributed by atoms with Crippen LogP contribution in [0.2, 0.25) is 0 Å². The molecule has 5 nitrogen and oxygen atoms in total. The Balaban J connectivity index is 0.000000686. The summed E-state index contributed by atoms with van der Waals surface area (Å²) in [5.41, 5.74) is 0.